The van der Waals surface area contributed by atoms with Crippen LogP contribution in [0.15, 0.2) is 24.3 Å². The first-order valence-corrected chi connectivity index (χ1v) is 8.03. The number of carbonyl (C=O) groups excluding carboxylic acids is 1. The van der Waals surface area contributed by atoms with Gasteiger partial charge in [-0.25, -0.2) is 0 Å². The van der Waals surface area contributed by atoms with Crippen LogP contribution in [0.2, 0.25) is 0 Å². The maximum Gasteiger partial charge on any atom is 0.251 e. The summed E-state index contributed by atoms with van der Waals surface area (Å²) in [6.45, 7) is 6.20. The number of rotatable bonds is 9. The molecule has 2 heteroatoms. The summed E-state index contributed by atoms with van der Waals surface area (Å²) in [5.41, 5.74) is 2.09. The fraction of sp³-hybridized carbons (Fsp3) is 0.611. The molecule has 0 bridgehead atoms. The van der Waals surface area contributed by atoms with E-state index < -0.39 is 0 Å². The van der Waals surface area contributed by atoms with Gasteiger partial charge in [0.15, 0.2) is 0 Å². The van der Waals surface area contributed by atoms with E-state index in [4.69, 9.17) is 0 Å². The van der Waals surface area contributed by atoms with E-state index in [0.717, 1.165) is 12.0 Å². The van der Waals surface area contributed by atoms with Gasteiger partial charge >= 0.3 is 0 Å². The first kappa shape index (κ1) is 16.7. The second-order valence-corrected chi connectivity index (χ2v) is 5.84. The van der Waals surface area contributed by atoms with Crippen LogP contribution in [0.25, 0.3) is 0 Å². The van der Waals surface area contributed by atoms with Crippen molar-refractivity contribution >= 4 is 5.91 Å². The molecular weight excluding hydrogens is 246 g/mol. The molecule has 1 aromatic rings. The van der Waals surface area contributed by atoms with Crippen LogP contribution in [-0.2, 0) is 6.42 Å². The van der Waals surface area contributed by atoms with E-state index in [9.17, 15) is 4.79 Å². The lowest BCUT2D eigenvalue weighted by molar-refractivity contribution is 0.0943. The average Bonchev–Trinajstić information content (AvgIpc) is 2.42. The minimum Gasteiger partial charge on any atom is -0.350 e. The lowest BCUT2D eigenvalue weighted by Gasteiger charge is -2.08. The molecule has 1 N–H and O–H groups in total. The summed E-state index contributed by atoms with van der Waals surface area (Å²) >= 11 is 0. The zero-order chi connectivity index (χ0) is 14.8. The summed E-state index contributed by atoms with van der Waals surface area (Å²) < 4.78 is 0. The highest BCUT2D eigenvalue weighted by atomic mass is 16.1. The Hall–Kier alpha value is -1.31. The molecule has 1 amide bonds. The number of unbranched alkanes of at least 4 members (excludes halogenated alkanes) is 5. The van der Waals surface area contributed by atoms with Crippen molar-refractivity contribution in [2.45, 2.75) is 71.8 Å². The maximum absolute atomic E-state index is 11.8. The molecule has 0 aliphatic rings. The van der Waals surface area contributed by atoms with Gasteiger partial charge < -0.3 is 5.32 Å². The largest absolute Gasteiger partial charge is 0.350 e. The molecule has 0 heterocycles. The van der Waals surface area contributed by atoms with Crippen molar-refractivity contribution in [2.24, 2.45) is 0 Å². The first-order chi connectivity index (χ1) is 9.63. The zero-order valence-corrected chi connectivity index (χ0v) is 13.2. The number of aryl methyl sites for hydroxylation is 1. The molecule has 0 atom stereocenters. The van der Waals surface area contributed by atoms with Gasteiger partial charge in [-0.1, -0.05) is 51.2 Å². The molecule has 2 nitrogen and oxygen atoms in total. The Balaban J connectivity index is 2.30. The maximum atomic E-state index is 11.8. The third kappa shape index (κ3) is 6.74. The van der Waals surface area contributed by atoms with Crippen molar-refractivity contribution in [1.29, 1.82) is 0 Å². The van der Waals surface area contributed by atoms with Crippen molar-refractivity contribution < 1.29 is 4.79 Å². The molecule has 20 heavy (non-hydrogen) atoms. The van der Waals surface area contributed by atoms with Crippen LogP contribution in [0.1, 0.15) is 75.2 Å². The van der Waals surface area contributed by atoms with Gasteiger partial charge in [0, 0.05) is 11.6 Å². The van der Waals surface area contributed by atoms with Crippen molar-refractivity contribution in [3.63, 3.8) is 0 Å². The van der Waals surface area contributed by atoms with Crippen molar-refractivity contribution in [3.8, 4) is 0 Å². The third-order valence-electron chi connectivity index (χ3n) is 3.45. The predicted octanol–water partition coefficient (Wildman–Crippen LogP) is 4.73. The van der Waals surface area contributed by atoms with Crippen LogP contribution < -0.4 is 5.32 Å². The number of carbonyl (C=O) groups is 1. The molecule has 0 aliphatic heterocycles. The Morgan fingerprint density at radius 2 is 1.60 bits per heavy atom. The average molecular weight is 275 g/mol. The Kier molecular flexibility index (Phi) is 8.01. The molecule has 0 aliphatic carbocycles. The quantitative estimate of drug-likeness (QED) is 0.649. The smallest absolute Gasteiger partial charge is 0.251 e. The van der Waals surface area contributed by atoms with E-state index in [2.05, 4.69) is 24.4 Å². The summed E-state index contributed by atoms with van der Waals surface area (Å²) in [7, 11) is 0. The van der Waals surface area contributed by atoms with Crippen LogP contribution in [0, 0.1) is 0 Å². The zero-order valence-electron chi connectivity index (χ0n) is 13.2. The van der Waals surface area contributed by atoms with Gasteiger partial charge in [0.05, 0.1) is 0 Å². The summed E-state index contributed by atoms with van der Waals surface area (Å²) in [5, 5.41) is 2.91. The second-order valence-electron chi connectivity index (χ2n) is 5.84. The molecule has 0 radical (unpaired) electrons. The summed E-state index contributed by atoms with van der Waals surface area (Å²) in [5.74, 6) is 0.0196. The van der Waals surface area contributed by atoms with Gasteiger partial charge in [-0.3, -0.25) is 4.79 Å². The van der Waals surface area contributed by atoms with E-state index >= 15 is 0 Å². The Bertz CT molecular complexity index is 381. The summed E-state index contributed by atoms with van der Waals surface area (Å²) in [6.07, 6.45) is 9.07. The second kappa shape index (κ2) is 9.57. The van der Waals surface area contributed by atoms with Crippen molar-refractivity contribution in [2.75, 3.05) is 0 Å². The van der Waals surface area contributed by atoms with Crippen LogP contribution in [-0.4, -0.2) is 11.9 Å². The predicted molar refractivity (Wildman–Crippen MR) is 86.1 cm³/mol. The fourth-order valence-corrected chi connectivity index (χ4v) is 2.28. The highest BCUT2D eigenvalue weighted by Gasteiger charge is 2.06. The number of benzene rings is 1. The van der Waals surface area contributed by atoms with E-state index in [1.807, 2.05) is 26.0 Å². The summed E-state index contributed by atoms with van der Waals surface area (Å²) in [6, 6.07) is 8.22. The topological polar surface area (TPSA) is 29.1 Å². The SMILES string of the molecule is CCCCCCCCc1ccc(C(=O)NC(C)C)cc1. The number of hydrogen-bond donors (Lipinski definition) is 1. The summed E-state index contributed by atoms with van der Waals surface area (Å²) in [4.78, 5) is 11.8. The molecule has 112 valence electrons. The number of amides is 1. The van der Waals surface area contributed by atoms with Gasteiger partial charge in [-0.05, 0) is 44.4 Å². The molecule has 0 saturated heterocycles. The van der Waals surface area contributed by atoms with Crippen molar-refractivity contribution in [3.05, 3.63) is 35.4 Å². The van der Waals surface area contributed by atoms with Crippen LogP contribution in [0.3, 0.4) is 0 Å². The molecular formula is C18H29NO. The standard InChI is InChI=1S/C18H29NO/c1-4-5-6-7-8-9-10-16-11-13-17(14-12-16)18(20)19-15(2)3/h11-15H,4-10H2,1-3H3,(H,19,20). The van der Waals surface area contributed by atoms with Crippen LogP contribution in [0.5, 0.6) is 0 Å². The molecule has 1 rings (SSSR count). The Morgan fingerprint density at radius 3 is 2.20 bits per heavy atom. The van der Waals surface area contributed by atoms with Crippen molar-refractivity contribution in [1.82, 2.24) is 5.32 Å². The van der Waals surface area contributed by atoms with Gasteiger partial charge in [0.25, 0.3) is 5.91 Å². The van der Waals surface area contributed by atoms with E-state index in [0.29, 0.717) is 0 Å². The normalized spacial score (nSPS) is 10.8. The number of nitrogens with one attached hydrogen (secondary N) is 1. The molecule has 0 unspecified atom stereocenters. The minimum atomic E-state index is 0.0196. The van der Waals surface area contributed by atoms with Crippen LogP contribution >= 0.6 is 0 Å². The van der Waals surface area contributed by atoms with Gasteiger partial charge in [0.2, 0.25) is 0 Å². The monoisotopic (exact) mass is 275 g/mol. The van der Waals surface area contributed by atoms with Gasteiger partial charge in [-0.2, -0.15) is 0 Å². The first-order valence-electron chi connectivity index (χ1n) is 8.03. The highest BCUT2D eigenvalue weighted by molar-refractivity contribution is 5.94. The van der Waals surface area contributed by atoms with Gasteiger partial charge in [-0.15, -0.1) is 0 Å². The van der Waals surface area contributed by atoms with Gasteiger partial charge in [0.1, 0.15) is 0 Å². The fourth-order valence-electron chi connectivity index (χ4n) is 2.28. The van der Waals surface area contributed by atoms with E-state index in [-0.39, 0.29) is 11.9 Å². The molecule has 1 aromatic carbocycles. The lowest BCUT2D eigenvalue weighted by atomic mass is 10.0. The highest BCUT2D eigenvalue weighted by Crippen LogP contribution is 2.11. The van der Waals surface area contributed by atoms with Crippen LogP contribution in [0.4, 0.5) is 0 Å². The van der Waals surface area contributed by atoms with E-state index in [1.54, 1.807) is 0 Å². The Labute approximate surface area is 124 Å². The lowest BCUT2D eigenvalue weighted by Crippen LogP contribution is -2.29. The van der Waals surface area contributed by atoms with E-state index in [1.165, 1.54) is 44.1 Å². The molecule has 0 saturated carbocycles. The molecule has 0 spiro atoms. The molecule has 0 aromatic heterocycles. The third-order valence-corrected chi connectivity index (χ3v) is 3.45. The molecule has 0 fully saturated rings. The Morgan fingerprint density at radius 1 is 1.00 bits per heavy atom. The number of hydrogen-bond acceptors (Lipinski definition) is 1. The minimum absolute atomic E-state index is 0.0196.